The van der Waals surface area contributed by atoms with Gasteiger partial charge in [0, 0.05) is 4.88 Å². The van der Waals surface area contributed by atoms with Crippen molar-refractivity contribution in [2.75, 3.05) is 24.6 Å². The number of nitrogens with two attached hydrogens (primary N) is 1. The largest absolute Gasteiger partial charge is 0.486 e. The summed E-state index contributed by atoms with van der Waals surface area (Å²) in [7, 11) is 0. The van der Waals surface area contributed by atoms with Gasteiger partial charge in [-0.25, -0.2) is 9.97 Å². The molecule has 1 amide bonds. The highest BCUT2D eigenvalue weighted by Crippen LogP contribution is 2.40. The molecule has 0 radical (unpaired) electrons. The molecule has 2 aromatic heterocycles. The van der Waals surface area contributed by atoms with E-state index in [2.05, 4.69) is 22.2 Å². The van der Waals surface area contributed by atoms with E-state index in [1.165, 1.54) is 28.6 Å². The zero-order chi connectivity index (χ0) is 21.4. The number of nitrogens with one attached hydrogen (secondary N) is 1. The first kappa shape index (κ1) is 20.4. The van der Waals surface area contributed by atoms with E-state index < -0.39 is 0 Å². The molecule has 7 nitrogen and oxygen atoms in total. The molecule has 0 saturated carbocycles. The van der Waals surface area contributed by atoms with Crippen LogP contribution in [0.3, 0.4) is 0 Å². The van der Waals surface area contributed by atoms with Crippen molar-refractivity contribution in [2.24, 2.45) is 5.92 Å². The van der Waals surface area contributed by atoms with E-state index in [0.29, 0.717) is 35.8 Å². The highest BCUT2D eigenvalue weighted by molar-refractivity contribution is 7.99. The van der Waals surface area contributed by atoms with Crippen LogP contribution in [0.4, 0.5) is 5.82 Å². The fourth-order valence-corrected chi connectivity index (χ4v) is 6.12. The molecule has 1 aliphatic heterocycles. The molecule has 2 atom stereocenters. The number of carbonyl (C=O) groups is 1. The van der Waals surface area contributed by atoms with Crippen molar-refractivity contribution in [2.45, 2.75) is 37.4 Å². The number of thiophene rings is 1. The first-order valence-electron chi connectivity index (χ1n) is 10.4. The molecule has 0 saturated heterocycles. The molecule has 1 aromatic carbocycles. The van der Waals surface area contributed by atoms with E-state index in [1.807, 2.05) is 24.3 Å². The zero-order valence-corrected chi connectivity index (χ0v) is 18.9. The Morgan fingerprint density at radius 2 is 2.16 bits per heavy atom. The zero-order valence-electron chi connectivity index (χ0n) is 17.2. The van der Waals surface area contributed by atoms with Crippen LogP contribution in [0.5, 0.6) is 11.5 Å². The maximum absolute atomic E-state index is 12.3. The molecule has 3 N–H and O–H groups in total. The van der Waals surface area contributed by atoms with E-state index in [9.17, 15) is 4.79 Å². The number of carbonyl (C=O) groups excluding carboxylic acids is 1. The van der Waals surface area contributed by atoms with Gasteiger partial charge in [-0.15, -0.1) is 11.3 Å². The molecule has 31 heavy (non-hydrogen) atoms. The molecule has 162 valence electrons. The number of nitrogens with zero attached hydrogens (tertiary/aromatic N) is 2. The maximum atomic E-state index is 12.3. The SMILES string of the molecule is C[C@@H]1CCc2c(sc3nc(SCC(=O)NC[C@@H]4COc5ccccc5O4)nc(N)c23)C1. The predicted molar refractivity (Wildman–Crippen MR) is 123 cm³/mol. The Balaban J connectivity index is 1.18. The Labute approximate surface area is 188 Å². The van der Waals surface area contributed by atoms with E-state index in [0.717, 1.165) is 28.8 Å². The number of para-hydroxylation sites is 2. The number of aromatic nitrogens is 2. The van der Waals surface area contributed by atoms with Crippen molar-refractivity contribution in [3.63, 3.8) is 0 Å². The second-order valence-corrected chi connectivity index (χ2v) is 10.0. The van der Waals surface area contributed by atoms with Crippen molar-refractivity contribution in [1.29, 1.82) is 0 Å². The van der Waals surface area contributed by atoms with Crippen LogP contribution < -0.4 is 20.5 Å². The van der Waals surface area contributed by atoms with Crippen LogP contribution in [0.15, 0.2) is 29.4 Å². The third-order valence-corrected chi connectivity index (χ3v) is 7.58. The number of aryl methyl sites for hydroxylation is 1. The number of nitrogen functional groups attached to an aromatic ring is 1. The van der Waals surface area contributed by atoms with Gasteiger partial charge >= 0.3 is 0 Å². The summed E-state index contributed by atoms with van der Waals surface area (Å²) in [5.41, 5.74) is 7.59. The molecule has 9 heteroatoms. The number of anilines is 1. The molecular weight excluding hydrogens is 432 g/mol. The first-order valence-corrected chi connectivity index (χ1v) is 12.2. The minimum absolute atomic E-state index is 0.103. The average Bonchev–Trinajstić information content (AvgIpc) is 3.14. The van der Waals surface area contributed by atoms with Gasteiger partial charge in [0.1, 0.15) is 23.4 Å². The lowest BCUT2D eigenvalue weighted by atomic mass is 9.89. The first-order chi connectivity index (χ1) is 15.1. The summed E-state index contributed by atoms with van der Waals surface area (Å²) < 4.78 is 11.5. The van der Waals surface area contributed by atoms with E-state index in [4.69, 9.17) is 15.2 Å². The molecule has 0 fully saturated rings. The molecule has 0 unspecified atom stereocenters. The predicted octanol–water partition coefficient (Wildman–Crippen LogP) is 3.45. The molecular formula is C22H24N4O3S2. The number of thioether (sulfide) groups is 1. The molecule has 5 rings (SSSR count). The fraction of sp³-hybridized carbons (Fsp3) is 0.409. The monoisotopic (exact) mass is 456 g/mol. The van der Waals surface area contributed by atoms with Gasteiger partial charge in [0.25, 0.3) is 0 Å². The third kappa shape index (κ3) is 4.29. The number of fused-ring (bicyclic) bond motifs is 4. The van der Waals surface area contributed by atoms with Crippen LogP contribution in [0.25, 0.3) is 10.2 Å². The van der Waals surface area contributed by atoms with Crippen molar-refractivity contribution >= 4 is 45.0 Å². The van der Waals surface area contributed by atoms with Crippen LogP contribution in [0.2, 0.25) is 0 Å². The van der Waals surface area contributed by atoms with Gasteiger partial charge in [-0.1, -0.05) is 30.8 Å². The van der Waals surface area contributed by atoms with Gasteiger partial charge in [0.15, 0.2) is 16.7 Å². The van der Waals surface area contributed by atoms with Gasteiger partial charge in [-0.3, -0.25) is 4.79 Å². The van der Waals surface area contributed by atoms with Crippen molar-refractivity contribution in [1.82, 2.24) is 15.3 Å². The summed E-state index contributed by atoms with van der Waals surface area (Å²) in [6.07, 6.45) is 3.08. The van der Waals surface area contributed by atoms with E-state index >= 15 is 0 Å². The summed E-state index contributed by atoms with van der Waals surface area (Å²) in [5, 5.41) is 4.45. The van der Waals surface area contributed by atoms with Crippen LogP contribution in [0.1, 0.15) is 23.8 Å². The Morgan fingerprint density at radius 1 is 1.32 bits per heavy atom. The molecule has 3 heterocycles. The van der Waals surface area contributed by atoms with Gasteiger partial charge in [-0.2, -0.15) is 0 Å². The summed E-state index contributed by atoms with van der Waals surface area (Å²) in [6.45, 7) is 3.07. The minimum atomic E-state index is -0.216. The quantitative estimate of drug-likeness (QED) is 0.448. The Hall–Kier alpha value is -2.52. The summed E-state index contributed by atoms with van der Waals surface area (Å²) in [6, 6.07) is 7.53. The van der Waals surface area contributed by atoms with Crippen molar-refractivity contribution in [3.05, 3.63) is 34.7 Å². The summed E-state index contributed by atoms with van der Waals surface area (Å²) >= 11 is 3.01. The normalized spacial score (nSPS) is 19.8. The van der Waals surface area contributed by atoms with Crippen molar-refractivity contribution in [3.8, 4) is 11.5 Å². The number of rotatable bonds is 5. The molecule has 0 spiro atoms. The summed E-state index contributed by atoms with van der Waals surface area (Å²) in [4.78, 5) is 23.8. The number of ether oxygens (including phenoxy) is 2. The number of hydrogen-bond donors (Lipinski definition) is 2. The van der Waals surface area contributed by atoms with Gasteiger partial charge in [-0.05, 0) is 42.9 Å². The average molecular weight is 457 g/mol. The number of hydrogen-bond acceptors (Lipinski definition) is 8. The lowest BCUT2D eigenvalue weighted by molar-refractivity contribution is -0.119. The smallest absolute Gasteiger partial charge is 0.230 e. The third-order valence-electron chi connectivity index (χ3n) is 5.59. The van der Waals surface area contributed by atoms with Gasteiger partial charge in [0.05, 0.1) is 17.7 Å². The van der Waals surface area contributed by atoms with Crippen molar-refractivity contribution < 1.29 is 14.3 Å². The molecule has 2 aliphatic rings. The standard InChI is InChI=1S/C22H24N4O3S2/c1-12-6-7-14-17(8-12)31-21-19(14)20(23)25-22(26-21)30-11-18(27)24-9-13-10-28-15-4-2-3-5-16(15)29-13/h2-5,12-13H,6-11H2,1H3,(H,24,27)(H2,23,25,26)/t12-,13-/m1/s1. The van der Waals surface area contributed by atoms with Crippen LogP contribution >= 0.6 is 23.1 Å². The topological polar surface area (TPSA) is 99.4 Å². The fourth-order valence-electron chi connectivity index (χ4n) is 3.99. The maximum Gasteiger partial charge on any atom is 0.230 e. The highest BCUT2D eigenvalue weighted by Gasteiger charge is 2.24. The van der Waals surface area contributed by atoms with Gasteiger partial charge in [0.2, 0.25) is 5.91 Å². The lowest BCUT2D eigenvalue weighted by Crippen LogP contribution is -2.41. The van der Waals surface area contributed by atoms with Crippen LogP contribution in [-0.4, -0.2) is 40.9 Å². The van der Waals surface area contributed by atoms with E-state index in [-0.39, 0.29) is 17.8 Å². The second-order valence-electron chi connectivity index (χ2n) is 8.01. The lowest BCUT2D eigenvalue weighted by Gasteiger charge is -2.26. The van der Waals surface area contributed by atoms with Crippen LogP contribution in [0, 0.1) is 5.92 Å². The minimum Gasteiger partial charge on any atom is -0.486 e. The number of benzene rings is 1. The van der Waals surface area contributed by atoms with E-state index in [1.54, 1.807) is 11.3 Å². The Bertz CT molecular complexity index is 1130. The number of amides is 1. The summed E-state index contributed by atoms with van der Waals surface area (Å²) in [5.74, 6) is 2.76. The van der Waals surface area contributed by atoms with Crippen LogP contribution in [-0.2, 0) is 17.6 Å². The Kier molecular flexibility index (Phi) is 5.62. The van der Waals surface area contributed by atoms with Gasteiger partial charge < -0.3 is 20.5 Å². The molecule has 0 bridgehead atoms. The highest BCUT2D eigenvalue weighted by atomic mass is 32.2. The molecule has 3 aromatic rings. The second kappa shape index (κ2) is 8.55. The Morgan fingerprint density at radius 3 is 3.03 bits per heavy atom. The molecule has 1 aliphatic carbocycles.